The van der Waals surface area contributed by atoms with E-state index in [9.17, 15) is 0 Å². The third-order valence-electron chi connectivity index (χ3n) is 3.60. The van der Waals surface area contributed by atoms with Crippen LogP contribution in [0.2, 0.25) is 0 Å². The van der Waals surface area contributed by atoms with Gasteiger partial charge in [-0.15, -0.1) is 0 Å². The molecule has 1 aliphatic rings. The largest absolute Gasteiger partial charge is 0.361 e. The van der Waals surface area contributed by atoms with E-state index >= 15 is 0 Å². The molecule has 20 heavy (non-hydrogen) atoms. The van der Waals surface area contributed by atoms with Gasteiger partial charge in [0.15, 0.2) is 0 Å². The molecule has 3 rings (SSSR count). The Morgan fingerprint density at radius 1 is 1.40 bits per heavy atom. The Balaban J connectivity index is 1.69. The first-order chi connectivity index (χ1) is 9.74. The summed E-state index contributed by atoms with van der Waals surface area (Å²) in [4.78, 5) is 11.5. The molecule has 0 aliphatic carbocycles. The van der Waals surface area contributed by atoms with Crippen LogP contribution >= 0.6 is 0 Å². The zero-order chi connectivity index (χ0) is 13.9. The lowest BCUT2D eigenvalue weighted by atomic mass is 10.1. The van der Waals surface area contributed by atoms with Gasteiger partial charge in [0.25, 0.3) is 0 Å². The van der Waals surface area contributed by atoms with E-state index in [1.807, 2.05) is 19.2 Å². The SMILES string of the molecule is CCCc1ncc2c(n1)CCN(Cc1cc(C)on1)C2. The van der Waals surface area contributed by atoms with Crippen LogP contribution in [0, 0.1) is 6.92 Å². The molecule has 2 aromatic rings. The van der Waals surface area contributed by atoms with Crippen molar-refractivity contribution in [2.24, 2.45) is 0 Å². The second-order valence-corrected chi connectivity index (χ2v) is 5.40. The fourth-order valence-electron chi connectivity index (χ4n) is 2.62. The number of aryl methyl sites for hydroxylation is 2. The van der Waals surface area contributed by atoms with Crippen molar-refractivity contribution in [2.45, 2.75) is 46.2 Å². The maximum atomic E-state index is 5.12. The molecule has 0 radical (unpaired) electrons. The Morgan fingerprint density at radius 3 is 3.05 bits per heavy atom. The van der Waals surface area contributed by atoms with Gasteiger partial charge in [-0.25, -0.2) is 9.97 Å². The molecule has 0 saturated carbocycles. The third-order valence-corrected chi connectivity index (χ3v) is 3.60. The summed E-state index contributed by atoms with van der Waals surface area (Å²) in [5, 5.41) is 4.06. The number of hydrogen-bond donors (Lipinski definition) is 0. The van der Waals surface area contributed by atoms with Gasteiger partial charge in [-0.1, -0.05) is 12.1 Å². The van der Waals surface area contributed by atoms with Crippen molar-refractivity contribution in [3.05, 3.63) is 40.8 Å². The molecule has 2 aromatic heterocycles. The topological polar surface area (TPSA) is 55.1 Å². The fraction of sp³-hybridized carbons (Fsp3) is 0.533. The molecule has 0 N–H and O–H groups in total. The van der Waals surface area contributed by atoms with Gasteiger partial charge in [-0.05, 0) is 13.3 Å². The normalized spacial score (nSPS) is 15.3. The summed E-state index contributed by atoms with van der Waals surface area (Å²) in [6, 6.07) is 2.00. The van der Waals surface area contributed by atoms with E-state index < -0.39 is 0 Å². The zero-order valence-corrected chi connectivity index (χ0v) is 12.1. The van der Waals surface area contributed by atoms with E-state index in [1.165, 1.54) is 11.3 Å². The van der Waals surface area contributed by atoms with Gasteiger partial charge in [-0.3, -0.25) is 4.90 Å². The molecule has 0 bridgehead atoms. The van der Waals surface area contributed by atoms with Crippen molar-refractivity contribution < 1.29 is 4.52 Å². The van der Waals surface area contributed by atoms with Gasteiger partial charge in [0, 0.05) is 56.0 Å². The van der Waals surface area contributed by atoms with Crippen molar-refractivity contribution in [1.82, 2.24) is 20.0 Å². The maximum absolute atomic E-state index is 5.12. The van der Waals surface area contributed by atoms with Gasteiger partial charge in [0.1, 0.15) is 11.6 Å². The van der Waals surface area contributed by atoms with Crippen LogP contribution in [0.1, 0.15) is 41.9 Å². The van der Waals surface area contributed by atoms with Crippen LogP contribution in [-0.4, -0.2) is 26.6 Å². The summed E-state index contributed by atoms with van der Waals surface area (Å²) in [5.74, 6) is 1.84. The highest BCUT2D eigenvalue weighted by molar-refractivity contribution is 5.21. The van der Waals surface area contributed by atoms with E-state index in [-0.39, 0.29) is 0 Å². The smallest absolute Gasteiger partial charge is 0.133 e. The predicted octanol–water partition coefficient (Wildman–Crippen LogP) is 2.28. The van der Waals surface area contributed by atoms with Crippen molar-refractivity contribution in [3.63, 3.8) is 0 Å². The van der Waals surface area contributed by atoms with Crippen LogP contribution < -0.4 is 0 Å². The number of nitrogens with zero attached hydrogens (tertiary/aromatic N) is 4. The number of aromatic nitrogens is 3. The van der Waals surface area contributed by atoms with Crippen molar-refractivity contribution in [2.75, 3.05) is 6.54 Å². The first-order valence-corrected chi connectivity index (χ1v) is 7.23. The highest BCUT2D eigenvalue weighted by Gasteiger charge is 2.19. The second kappa shape index (κ2) is 5.71. The fourth-order valence-corrected chi connectivity index (χ4v) is 2.62. The van der Waals surface area contributed by atoms with E-state index in [2.05, 4.69) is 26.9 Å². The summed E-state index contributed by atoms with van der Waals surface area (Å²) >= 11 is 0. The standard InChI is InChI=1S/C15H20N4O/c1-3-4-15-16-8-12-9-19(6-5-14(12)17-15)10-13-7-11(2)20-18-13/h7-8H,3-6,9-10H2,1-2H3. The first kappa shape index (κ1) is 13.2. The molecule has 0 unspecified atom stereocenters. The van der Waals surface area contributed by atoms with E-state index in [1.54, 1.807) is 0 Å². The Kier molecular flexibility index (Phi) is 3.78. The van der Waals surface area contributed by atoms with Crippen LogP contribution in [0.25, 0.3) is 0 Å². The lowest BCUT2D eigenvalue weighted by Crippen LogP contribution is -2.31. The Morgan fingerprint density at radius 2 is 2.30 bits per heavy atom. The summed E-state index contributed by atoms with van der Waals surface area (Å²) in [7, 11) is 0. The highest BCUT2D eigenvalue weighted by atomic mass is 16.5. The van der Waals surface area contributed by atoms with E-state index in [4.69, 9.17) is 4.52 Å². The number of hydrogen-bond acceptors (Lipinski definition) is 5. The minimum Gasteiger partial charge on any atom is -0.361 e. The van der Waals surface area contributed by atoms with Gasteiger partial charge in [0.2, 0.25) is 0 Å². The van der Waals surface area contributed by atoms with E-state index in [0.717, 1.165) is 56.2 Å². The minimum absolute atomic E-state index is 0.827. The van der Waals surface area contributed by atoms with Crippen molar-refractivity contribution in [1.29, 1.82) is 0 Å². The van der Waals surface area contributed by atoms with Crippen LogP contribution in [0.4, 0.5) is 0 Å². The minimum atomic E-state index is 0.827. The van der Waals surface area contributed by atoms with Crippen LogP contribution in [0.15, 0.2) is 16.8 Å². The molecular weight excluding hydrogens is 252 g/mol. The molecule has 0 fully saturated rings. The summed E-state index contributed by atoms with van der Waals surface area (Å²) in [5.41, 5.74) is 3.46. The second-order valence-electron chi connectivity index (χ2n) is 5.40. The summed E-state index contributed by atoms with van der Waals surface area (Å²) < 4.78 is 5.12. The Bertz CT molecular complexity index is 593. The molecule has 5 heteroatoms. The average molecular weight is 272 g/mol. The number of fused-ring (bicyclic) bond motifs is 1. The molecule has 1 aliphatic heterocycles. The summed E-state index contributed by atoms with van der Waals surface area (Å²) in [6.45, 7) is 6.82. The lowest BCUT2D eigenvalue weighted by Gasteiger charge is -2.27. The Hall–Kier alpha value is -1.75. The predicted molar refractivity (Wildman–Crippen MR) is 75.1 cm³/mol. The van der Waals surface area contributed by atoms with Crippen molar-refractivity contribution >= 4 is 0 Å². The molecule has 3 heterocycles. The summed E-state index contributed by atoms with van der Waals surface area (Å²) in [6.07, 6.45) is 5.05. The molecule has 0 aromatic carbocycles. The van der Waals surface area contributed by atoms with Gasteiger partial charge in [0.05, 0.1) is 5.69 Å². The number of rotatable bonds is 4. The van der Waals surface area contributed by atoms with E-state index in [0.29, 0.717) is 0 Å². The molecule has 0 spiro atoms. The monoisotopic (exact) mass is 272 g/mol. The molecule has 5 nitrogen and oxygen atoms in total. The molecular formula is C15H20N4O. The molecule has 0 saturated heterocycles. The van der Waals surface area contributed by atoms with Crippen LogP contribution in [0.5, 0.6) is 0 Å². The van der Waals surface area contributed by atoms with Gasteiger partial charge < -0.3 is 4.52 Å². The average Bonchev–Trinajstić information content (AvgIpc) is 2.85. The zero-order valence-electron chi connectivity index (χ0n) is 12.1. The van der Waals surface area contributed by atoms with Crippen LogP contribution in [-0.2, 0) is 25.9 Å². The molecule has 0 amide bonds. The van der Waals surface area contributed by atoms with Gasteiger partial charge >= 0.3 is 0 Å². The molecule has 0 atom stereocenters. The Labute approximate surface area is 119 Å². The highest BCUT2D eigenvalue weighted by Crippen LogP contribution is 2.18. The van der Waals surface area contributed by atoms with Gasteiger partial charge in [-0.2, -0.15) is 0 Å². The lowest BCUT2D eigenvalue weighted by molar-refractivity contribution is 0.234. The maximum Gasteiger partial charge on any atom is 0.133 e. The quantitative estimate of drug-likeness (QED) is 0.854. The third kappa shape index (κ3) is 2.88. The van der Waals surface area contributed by atoms with Crippen LogP contribution in [0.3, 0.4) is 0 Å². The first-order valence-electron chi connectivity index (χ1n) is 7.23. The van der Waals surface area contributed by atoms with Crippen molar-refractivity contribution in [3.8, 4) is 0 Å². The molecule has 106 valence electrons.